The summed E-state index contributed by atoms with van der Waals surface area (Å²) < 4.78 is 0.833. The molecule has 1 aromatic carbocycles. The molecule has 1 aliphatic rings. The second-order valence-corrected chi connectivity index (χ2v) is 6.25. The van der Waals surface area contributed by atoms with Crippen molar-refractivity contribution in [3.8, 4) is 0 Å². The Bertz CT molecular complexity index is 451. The molecule has 0 radical (unpaired) electrons. The lowest BCUT2D eigenvalue weighted by molar-refractivity contribution is 0.0623. The highest BCUT2D eigenvalue weighted by Crippen LogP contribution is 2.25. The standard InChI is InChI=1S/C14H19BrN2O/c1-9-5-10(2)8-17(7-9)14(18)11-3-4-12(15)13(16)6-11/h3-4,6,9-10H,5,7-8,16H2,1-2H3/t9-,10-/m0/s1. The van der Waals surface area contributed by atoms with Crippen LogP contribution < -0.4 is 5.73 Å². The van der Waals surface area contributed by atoms with Crippen LogP contribution in [0.5, 0.6) is 0 Å². The van der Waals surface area contributed by atoms with E-state index >= 15 is 0 Å². The van der Waals surface area contributed by atoms with E-state index in [1.807, 2.05) is 17.0 Å². The van der Waals surface area contributed by atoms with E-state index in [0.29, 0.717) is 23.1 Å². The number of carbonyl (C=O) groups excluding carboxylic acids is 1. The van der Waals surface area contributed by atoms with Gasteiger partial charge in [-0.2, -0.15) is 0 Å². The first-order valence-electron chi connectivity index (χ1n) is 6.31. The molecule has 98 valence electrons. The van der Waals surface area contributed by atoms with Crippen molar-refractivity contribution in [3.05, 3.63) is 28.2 Å². The number of amides is 1. The Morgan fingerprint density at radius 2 is 1.94 bits per heavy atom. The minimum Gasteiger partial charge on any atom is -0.398 e. The summed E-state index contributed by atoms with van der Waals surface area (Å²) in [6.45, 7) is 6.09. The van der Waals surface area contributed by atoms with Gasteiger partial charge in [0.25, 0.3) is 5.91 Å². The van der Waals surface area contributed by atoms with Gasteiger partial charge < -0.3 is 10.6 Å². The Morgan fingerprint density at radius 1 is 1.33 bits per heavy atom. The zero-order valence-corrected chi connectivity index (χ0v) is 12.4. The predicted octanol–water partition coefficient (Wildman–Crippen LogP) is 3.15. The lowest BCUT2D eigenvalue weighted by Crippen LogP contribution is -2.42. The molecule has 0 saturated carbocycles. The Morgan fingerprint density at radius 3 is 2.50 bits per heavy atom. The van der Waals surface area contributed by atoms with Crippen LogP contribution in [0, 0.1) is 11.8 Å². The van der Waals surface area contributed by atoms with Gasteiger partial charge in [0, 0.05) is 28.8 Å². The quantitative estimate of drug-likeness (QED) is 0.810. The highest BCUT2D eigenvalue weighted by Gasteiger charge is 2.26. The molecule has 0 spiro atoms. The first kappa shape index (κ1) is 13.4. The Balaban J connectivity index is 2.17. The number of nitrogen functional groups attached to an aromatic ring is 1. The van der Waals surface area contributed by atoms with Crippen LogP contribution in [0.25, 0.3) is 0 Å². The molecule has 18 heavy (non-hydrogen) atoms. The predicted molar refractivity (Wildman–Crippen MR) is 77.4 cm³/mol. The van der Waals surface area contributed by atoms with Crippen molar-refractivity contribution in [1.29, 1.82) is 0 Å². The van der Waals surface area contributed by atoms with Gasteiger partial charge in [0.1, 0.15) is 0 Å². The van der Waals surface area contributed by atoms with E-state index in [2.05, 4.69) is 29.8 Å². The van der Waals surface area contributed by atoms with Gasteiger partial charge in [0.15, 0.2) is 0 Å². The molecule has 1 amide bonds. The number of anilines is 1. The van der Waals surface area contributed by atoms with Crippen molar-refractivity contribution >= 4 is 27.5 Å². The van der Waals surface area contributed by atoms with Crippen molar-refractivity contribution in [1.82, 2.24) is 4.90 Å². The minimum atomic E-state index is 0.0904. The average molecular weight is 311 g/mol. The van der Waals surface area contributed by atoms with Crippen LogP contribution >= 0.6 is 15.9 Å². The van der Waals surface area contributed by atoms with Crippen LogP contribution in [0.15, 0.2) is 22.7 Å². The Kier molecular flexibility index (Phi) is 3.95. The number of nitrogens with zero attached hydrogens (tertiary/aromatic N) is 1. The normalized spacial score (nSPS) is 24.1. The summed E-state index contributed by atoms with van der Waals surface area (Å²) in [4.78, 5) is 14.4. The van der Waals surface area contributed by atoms with Crippen LogP contribution in [0.2, 0.25) is 0 Å². The molecule has 0 aliphatic carbocycles. The first-order chi connectivity index (χ1) is 8.47. The summed E-state index contributed by atoms with van der Waals surface area (Å²) in [7, 11) is 0. The molecule has 2 atom stereocenters. The van der Waals surface area contributed by atoms with Gasteiger partial charge in [0.05, 0.1) is 0 Å². The maximum absolute atomic E-state index is 12.4. The second kappa shape index (κ2) is 5.31. The van der Waals surface area contributed by atoms with Gasteiger partial charge in [-0.15, -0.1) is 0 Å². The molecule has 1 heterocycles. The largest absolute Gasteiger partial charge is 0.398 e. The summed E-state index contributed by atoms with van der Waals surface area (Å²) in [5.41, 5.74) is 7.11. The number of hydrogen-bond donors (Lipinski definition) is 1. The summed E-state index contributed by atoms with van der Waals surface area (Å²) in [6, 6.07) is 5.41. The average Bonchev–Trinajstić information content (AvgIpc) is 2.30. The van der Waals surface area contributed by atoms with Gasteiger partial charge in [-0.1, -0.05) is 13.8 Å². The summed E-state index contributed by atoms with van der Waals surface area (Å²) >= 11 is 3.34. The van der Waals surface area contributed by atoms with Gasteiger partial charge >= 0.3 is 0 Å². The van der Waals surface area contributed by atoms with E-state index in [1.54, 1.807) is 6.07 Å². The maximum atomic E-state index is 12.4. The van der Waals surface area contributed by atoms with E-state index < -0.39 is 0 Å². The van der Waals surface area contributed by atoms with Crippen molar-refractivity contribution in [2.24, 2.45) is 11.8 Å². The number of hydrogen-bond acceptors (Lipinski definition) is 2. The Hall–Kier alpha value is -1.03. The van der Waals surface area contributed by atoms with Gasteiger partial charge in [0.2, 0.25) is 0 Å². The maximum Gasteiger partial charge on any atom is 0.253 e. The van der Waals surface area contributed by atoms with E-state index in [-0.39, 0.29) is 5.91 Å². The molecule has 0 unspecified atom stereocenters. The fourth-order valence-corrected chi connectivity index (χ4v) is 2.93. The van der Waals surface area contributed by atoms with Gasteiger partial charge in [-0.05, 0) is 52.4 Å². The fourth-order valence-electron chi connectivity index (χ4n) is 2.69. The van der Waals surface area contributed by atoms with E-state index in [4.69, 9.17) is 5.73 Å². The van der Waals surface area contributed by atoms with Crippen molar-refractivity contribution in [2.45, 2.75) is 20.3 Å². The molecule has 0 aromatic heterocycles. The topological polar surface area (TPSA) is 46.3 Å². The molecule has 1 aromatic rings. The third-order valence-electron chi connectivity index (χ3n) is 3.40. The lowest BCUT2D eigenvalue weighted by Gasteiger charge is -2.35. The van der Waals surface area contributed by atoms with Crippen LogP contribution in [0.4, 0.5) is 5.69 Å². The molecular formula is C14H19BrN2O. The number of likely N-dealkylation sites (tertiary alicyclic amines) is 1. The minimum absolute atomic E-state index is 0.0904. The van der Waals surface area contributed by atoms with E-state index in [9.17, 15) is 4.79 Å². The van der Waals surface area contributed by atoms with Crippen molar-refractivity contribution < 1.29 is 4.79 Å². The molecule has 1 saturated heterocycles. The second-order valence-electron chi connectivity index (χ2n) is 5.39. The molecule has 4 heteroatoms. The van der Waals surface area contributed by atoms with Crippen LogP contribution in [0.1, 0.15) is 30.6 Å². The zero-order chi connectivity index (χ0) is 13.3. The third-order valence-corrected chi connectivity index (χ3v) is 4.12. The summed E-state index contributed by atoms with van der Waals surface area (Å²) in [5, 5.41) is 0. The monoisotopic (exact) mass is 310 g/mol. The van der Waals surface area contributed by atoms with E-state index in [1.165, 1.54) is 6.42 Å². The molecule has 2 N–H and O–H groups in total. The van der Waals surface area contributed by atoms with E-state index in [0.717, 1.165) is 17.6 Å². The fraction of sp³-hybridized carbons (Fsp3) is 0.500. The van der Waals surface area contributed by atoms with Gasteiger partial charge in [-0.3, -0.25) is 4.79 Å². The number of halogens is 1. The zero-order valence-electron chi connectivity index (χ0n) is 10.8. The molecule has 0 bridgehead atoms. The number of carbonyl (C=O) groups is 1. The molecular weight excluding hydrogens is 292 g/mol. The number of benzene rings is 1. The first-order valence-corrected chi connectivity index (χ1v) is 7.11. The van der Waals surface area contributed by atoms with Crippen LogP contribution in [-0.4, -0.2) is 23.9 Å². The lowest BCUT2D eigenvalue weighted by atomic mass is 9.91. The molecule has 3 nitrogen and oxygen atoms in total. The van der Waals surface area contributed by atoms with Gasteiger partial charge in [-0.25, -0.2) is 0 Å². The Labute approximate surface area is 116 Å². The smallest absolute Gasteiger partial charge is 0.253 e. The number of rotatable bonds is 1. The van der Waals surface area contributed by atoms with Crippen LogP contribution in [-0.2, 0) is 0 Å². The molecule has 2 rings (SSSR count). The van der Waals surface area contributed by atoms with Crippen molar-refractivity contribution in [2.75, 3.05) is 18.8 Å². The summed E-state index contributed by atoms with van der Waals surface area (Å²) in [5.74, 6) is 1.24. The molecule has 1 fully saturated rings. The van der Waals surface area contributed by atoms with Crippen LogP contribution in [0.3, 0.4) is 0 Å². The SMILES string of the molecule is C[C@H]1C[C@H](C)CN(C(=O)c2ccc(Br)c(N)c2)C1. The third kappa shape index (κ3) is 2.86. The van der Waals surface area contributed by atoms with Crippen molar-refractivity contribution in [3.63, 3.8) is 0 Å². The molecule has 1 aliphatic heterocycles. The highest BCUT2D eigenvalue weighted by atomic mass is 79.9. The highest BCUT2D eigenvalue weighted by molar-refractivity contribution is 9.10. The summed E-state index contributed by atoms with van der Waals surface area (Å²) in [6.07, 6.45) is 1.20. The number of piperidine rings is 1. The number of nitrogens with two attached hydrogens (primary N) is 1.